The van der Waals surface area contributed by atoms with Gasteiger partial charge in [-0.05, 0) is 31.5 Å². The predicted octanol–water partition coefficient (Wildman–Crippen LogP) is 2.49. The predicted molar refractivity (Wildman–Crippen MR) is 80.2 cm³/mol. The molecular formula is C15H20N4O. The molecule has 2 aromatic rings. The van der Waals surface area contributed by atoms with Crippen LogP contribution in [0.5, 0.6) is 5.88 Å². The quantitative estimate of drug-likeness (QED) is 0.906. The first kappa shape index (κ1) is 14.3. The van der Waals surface area contributed by atoms with Crippen LogP contribution < -0.4 is 15.4 Å². The molecule has 1 aromatic heterocycles. The van der Waals surface area contributed by atoms with Gasteiger partial charge in [0.2, 0.25) is 5.88 Å². The van der Waals surface area contributed by atoms with Gasteiger partial charge in [0.25, 0.3) is 0 Å². The first-order chi connectivity index (χ1) is 9.60. The lowest BCUT2D eigenvalue weighted by Crippen LogP contribution is -2.13. The Balaban J connectivity index is 2.20. The van der Waals surface area contributed by atoms with E-state index in [-0.39, 0.29) is 6.10 Å². The normalized spacial score (nSPS) is 10.7. The van der Waals surface area contributed by atoms with Crippen LogP contribution in [0.25, 0.3) is 0 Å². The van der Waals surface area contributed by atoms with Crippen molar-refractivity contribution < 1.29 is 4.74 Å². The zero-order valence-corrected chi connectivity index (χ0v) is 12.1. The zero-order valence-electron chi connectivity index (χ0n) is 12.1. The molecule has 0 saturated carbocycles. The molecule has 0 unspecified atom stereocenters. The SMILES string of the molecule is CC(C)Oc1cncc(N(C)c2ccc(CN)cc2)n1. The highest BCUT2D eigenvalue weighted by Gasteiger charge is 2.08. The van der Waals surface area contributed by atoms with Gasteiger partial charge in [-0.15, -0.1) is 0 Å². The van der Waals surface area contributed by atoms with E-state index in [4.69, 9.17) is 10.5 Å². The average Bonchev–Trinajstić information content (AvgIpc) is 2.46. The molecule has 0 aliphatic heterocycles. The van der Waals surface area contributed by atoms with E-state index in [9.17, 15) is 0 Å². The largest absolute Gasteiger partial charge is 0.474 e. The van der Waals surface area contributed by atoms with Gasteiger partial charge in [-0.3, -0.25) is 4.98 Å². The summed E-state index contributed by atoms with van der Waals surface area (Å²) >= 11 is 0. The number of nitrogens with two attached hydrogens (primary N) is 1. The van der Waals surface area contributed by atoms with Gasteiger partial charge in [-0.1, -0.05) is 12.1 Å². The summed E-state index contributed by atoms with van der Waals surface area (Å²) in [6, 6.07) is 8.04. The number of nitrogens with zero attached hydrogens (tertiary/aromatic N) is 3. The molecule has 20 heavy (non-hydrogen) atoms. The van der Waals surface area contributed by atoms with Crippen LogP contribution in [0.3, 0.4) is 0 Å². The molecule has 5 nitrogen and oxygen atoms in total. The fourth-order valence-electron chi connectivity index (χ4n) is 1.79. The minimum Gasteiger partial charge on any atom is -0.474 e. The summed E-state index contributed by atoms with van der Waals surface area (Å²) < 4.78 is 5.56. The lowest BCUT2D eigenvalue weighted by Gasteiger charge is -2.19. The Hall–Kier alpha value is -2.14. The Morgan fingerprint density at radius 3 is 2.50 bits per heavy atom. The number of benzene rings is 1. The first-order valence-electron chi connectivity index (χ1n) is 6.61. The smallest absolute Gasteiger partial charge is 0.234 e. The van der Waals surface area contributed by atoms with Gasteiger partial charge in [-0.2, -0.15) is 4.98 Å². The molecule has 1 aromatic carbocycles. The molecule has 2 rings (SSSR count). The number of aromatic nitrogens is 2. The van der Waals surface area contributed by atoms with Crippen LogP contribution in [0.4, 0.5) is 11.5 Å². The van der Waals surface area contributed by atoms with Crippen molar-refractivity contribution in [2.75, 3.05) is 11.9 Å². The number of hydrogen-bond donors (Lipinski definition) is 1. The zero-order chi connectivity index (χ0) is 14.5. The van der Waals surface area contributed by atoms with E-state index in [1.165, 1.54) is 0 Å². The molecule has 0 aliphatic carbocycles. The van der Waals surface area contributed by atoms with Crippen LogP contribution >= 0.6 is 0 Å². The molecule has 0 bridgehead atoms. The monoisotopic (exact) mass is 272 g/mol. The van der Waals surface area contributed by atoms with Gasteiger partial charge < -0.3 is 15.4 Å². The summed E-state index contributed by atoms with van der Waals surface area (Å²) in [5.74, 6) is 1.27. The second kappa shape index (κ2) is 6.34. The molecule has 0 aliphatic rings. The van der Waals surface area contributed by atoms with E-state index in [1.54, 1.807) is 12.4 Å². The molecule has 5 heteroatoms. The summed E-state index contributed by atoms with van der Waals surface area (Å²) in [5, 5.41) is 0. The van der Waals surface area contributed by atoms with E-state index in [0.29, 0.717) is 12.4 Å². The Morgan fingerprint density at radius 1 is 1.20 bits per heavy atom. The summed E-state index contributed by atoms with van der Waals surface area (Å²) in [5.41, 5.74) is 7.73. The van der Waals surface area contributed by atoms with E-state index in [2.05, 4.69) is 9.97 Å². The van der Waals surface area contributed by atoms with Crippen LogP contribution in [0, 0.1) is 0 Å². The number of anilines is 2. The third kappa shape index (κ3) is 3.45. The molecule has 0 atom stereocenters. The summed E-state index contributed by atoms with van der Waals surface area (Å²) in [6.45, 7) is 4.47. The molecule has 0 spiro atoms. The highest BCUT2D eigenvalue weighted by Crippen LogP contribution is 2.23. The Labute approximate surface area is 119 Å². The topological polar surface area (TPSA) is 64.3 Å². The van der Waals surface area contributed by atoms with Crippen molar-refractivity contribution in [2.24, 2.45) is 5.73 Å². The van der Waals surface area contributed by atoms with E-state index < -0.39 is 0 Å². The molecule has 0 saturated heterocycles. The van der Waals surface area contributed by atoms with Crippen LogP contribution in [0.2, 0.25) is 0 Å². The molecule has 0 amide bonds. The highest BCUT2D eigenvalue weighted by molar-refractivity contribution is 5.58. The van der Waals surface area contributed by atoms with Gasteiger partial charge in [-0.25, -0.2) is 0 Å². The van der Waals surface area contributed by atoms with Crippen LogP contribution in [0.15, 0.2) is 36.7 Å². The van der Waals surface area contributed by atoms with E-state index in [0.717, 1.165) is 17.1 Å². The van der Waals surface area contributed by atoms with Crippen LogP contribution in [0.1, 0.15) is 19.4 Å². The van der Waals surface area contributed by atoms with Crippen molar-refractivity contribution in [3.8, 4) is 5.88 Å². The Morgan fingerprint density at radius 2 is 1.90 bits per heavy atom. The van der Waals surface area contributed by atoms with Crippen molar-refractivity contribution in [1.29, 1.82) is 0 Å². The van der Waals surface area contributed by atoms with Crippen molar-refractivity contribution >= 4 is 11.5 Å². The number of hydrogen-bond acceptors (Lipinski definition) is 5. The van der Waals surface area contributed by atoms with E-state index in [1.807, 2.05) is 50.1 Å². The summed E-state index contributed by atoms with van der Waals surface area (Å²) in [4.78, 5) is 10.6. The fourth-order valence-corrected chi connectivity index (χ4v) is 1.79. The van der Waals surface area contributed by atoms with Crippen molar-refractivity contribution in [2.45, 2.75) is 26.5 Å². The Kier molecular flexibility index (Phi) is 4.53. The second-order valence-electron chi connectivity index (χ2n) is 4.81. The second-order valence-corrected chi connectivity index (χ2v) is 4.81. The van der Waals surface area contributed by atoms with Crippen LogP contribution in [-0.2, 0) is 6.54 Å². The third-order valence-electron chi connectivity index (χ3n) is 2.86. The summed E-state index contributed by atoms with van der Waals surface area (Å²) in [7, 11) is 1.95. The maximum Gasteiger partial charge on any atom is 0.234 e. The fraction of sp³-hybridized carbons (Fsp3) is 0.333. The molecule has 2 N–H and O–H groups in total. The van der Waals surface area contributed by atoms with E-state index >= 15 is 0 Å². The minimum absolute atomic E-state index is 0.0775. The average molecular weight is 272 g/mol. The van der Waals surface area contributed by atoms with Gasteiger partial charge in [0, 0.05) is 19.3 Å². The van der Waals surface area contributed by atoms with Crippen molar-refractivity contribution in [3.05, 3.63) is 42.2 Å². The molecular weight excluding hydrogens is 252 g/mol. The lowest BCUT2D eigenvalue weighted by molar-refractivity contribution is 0.232. The van der Waals surface area contributed by atoms with Gasteiger partial charge in [0.05, 0.1) is 18.5 Å². The molecule has 0 radical (unpaired) electrons. The maximum atomic E-state index is 5.60. The molecule has 106 valence electrons. The molecule has 1 heterocycles. The maximum absolute atomic E-state index is 5.60. The van der Waals surface area contributed by atoms with Crippen molar-refractivity contribution in [1.82, 2.24) is 9.97 Å². The minimum atomic E-state index is 0.0775. The Bertz CT molecular complexity index is 554. The standard InChI is InChI=1S/C15H20N4O/c1-11(2)20-15-10-17-9-14(18-15)19(3)13-6-4-12(8-16)5-7-13/h4-7,9-11H,8,16H2,1-3H3. The van der Waals surface area contributed by atoms with Crippen molar-refractivity contribution in [3.63, 3.8) is 0 Å². The number of rotatable bonds is 5. The number of ether oxygens (including phenoxy) is 1. The van der Waals surface area contributed by atoms with Gasteiger partial charge >= 0.3 is 0 Å². The lowest BCUT2D eigenvalue weighted by atomic mass is 10.2. The third-order valence-corrected chi connectivity index (χ3v) is 2.86. The highest BCUT2D eigenvalue weighted by atomic mass is 16.5. The van der Waals surface area contributed by atoms with Gasteiger partial charge in [0.15, 0.2) is 5.82 Å². The first-order valence-corrected chi connectivity index (χ1v) is 6.61. The van der Waals surface area contributed by atoms with Crippen LogP contribution in [-0.4, -0.2) is 23.1 Å². The summed E-state index contributed by atoms with van der Waals surface area (Å²) in [6.07, 6.45) is 3.41. The molecule has 0 fully saturated rings. The van der Waals surface area contributed by atoms with Gasteiger partial charge in [0.1, 0.15) is 0 Å².